The number of piperidine rings is 1. The van der Waals surface area contributed by atoms with Crippen molar-refractivity contribution in [1.82, 2.24) is 19.6 Å². The molecule has 0 bridgehead atoms. The van der Waals surface area contributed by atoms with E-state index in [2.05, 4.69) is 67.9 Å². The Bertz CT molecular complexity index is 2770. The van der Waals surface area contributed by atoms with Crippen LogP contribution in [0.1, 0.15) is 124 Å². The van der Waals surface area contributed by atoms with Gasteiger partial charge in [-0.1, -0.05) is 51.5 Å². The predicted molar refractivity (Wildman–Crippen MR) is 257 cm³/mol. The normalized spacial score (nSPS) is 23.1. The minimum Gasteiger partial charge on any atom is -0.455 e. The number of anilines is 2. The zero-order chi connectivity index (χ0) is 47.3. The highest BCUT2D eigenvalue weighted by atomic mass is 32.2. The maximum absolute atomic E-state index is 14.8. The van der Waals surface area contributed by atoms with Gasteiger partial charge >= 0.3 is 0 Å². The first kappa shape index (κ1) is 46.5. The number of amides is 1. The van der Waals surface area contributed by atoms with Crippen molar-refractivity contribution in [2.75, 3.05) is 42.9 Å². The number of carbonyl (C=O) groups excluding carboxylic acids is 1. The number of H-pyrrole nitrogens is 1. The van der Waals surface area contributed by atoms with Gasteiger partial charge in [-0.2, -0.15) is 0 Å². The fourth-order valence-corrected chi connectivity index (χ4v) is 12.2. The first-order chi connectivity index (χ1) is 32.0. The smallest absolute Gasteiger partial charge is 0.293 e. The Labute approximate surface area is 391 Å². The minimum atomic E-state index is -4.63. The molecule has 2 saturated heterocycles. The molecule has 4 N–H and O–H groups in total. The van der Waals surface area contributed by atoms with Crippen molar-refractivity contribution < 1.29 is 32.4 Å². The molecule has 1 amide bonds. The number of hydrogen-bond acceptors (Lipinski definition) is 11. The van der Waals surface area contributed by atoms with Crippen molar-refractivity contribution in [3.05, 3.63) is 111 Å². The Kier molecular flexibility index (Phi) is 12.8. The molecule has 4 fully saturated rings. The van der Waals surface area contributed by atoms with Crippen LogP contribution in [0.3, 0.4) is 0 Å². The number of hydrogen-bond donors (Lipinski definition) is 4. The molecule has 67 heavy (non-hydrogen) atoms. The molecule has 0 unspecified atom stereocenters. The number of aromatic nitrogens is 2. The number of ether oxygens (including phenoxy) is 1. The minimum absolute atomic E-state index is 0.0517. The number of aromatic amines is 1. The maximum Gasteiger partial charge on any atom is 0.293 e. The first-order valence-corrected chi connectivity index (χ1v) is 25.4. The third-order valence-electron chi connectivity index (χ3n) is 15.1. The lowest BCUT2D eigenvalue weighted by atomic mass is 9.70. The molecule has 2 aliphatic carbocycles. The summed E-state index contributed by atoms with van der Waals surface area (Å²) in [6, 6.07) is 19.6. The number of nitrogens with zero attached hydrogens (tertiary/aromatic N) is 4. The summed E-state index contributed by atoms with van der Waals surface area (Å²) in [5.41, 5.74) is 3.72. The summed E-state index contributed by atoms with van der Waals surface area (Å²) in [7, 11) is -4.63. The molecule has 4 aliphatic rings. The average Bonchev–Trinajstić information content (AvgIpc) is 3.93. The number of nitrogens with one attached hydrogen (secondary N) is 3. The van der Waals surface area contributed by atoms with Crippen molar-refractivity contribution in [3.63, 3.8) is 0 Å². The van der Waals surface area contributed by atoms with Gasteiger partial charge in [0.1, 0.15) is 28.7 Å². The number of benzene rings is 3. The molecule has 2 aromatic heterocycles. The van der Waals surface area contributed by atoms with Gasteiger partial charge in [0.05, 0.1) is 32.1 Å². The van der Waals surface area contributed by atoms with Crippen molar-refractivity contribution >= 4 is 44.0 Å². The average molecular weight is 936 g/mol. The third kappa shape index (κ3) is 9.62. The van der Waals surface area contributed by atoms with E-state index in [9.17, 15) is 32.8 Å². The Hall–Kier alpha value is -5.58. The van der Waals surface area contributed by atoms with Crippen LogP contribution in [-0.4, -0.2) is 83.6 Å². The Morgan fingerprint density at radius 1 is 1.01 bits per heavy atom. The summed E-state index contributed by atoms with van der Waals surface area (Å²) in [5.74, 6) is -0.0350. The second-order valence-electron chi connectivity index (χ2n) is 20.1. The van der Waals surface area contributed by atoms with Gasteiger partial charge in [-0.15, -0.1) is 0 Å². The molecule has 3 aromatic carbocycles. The van der Waals surface area contributed by atoms with Crippen LogP contribution in [0.25, 0.3) is 11.0 Å². The Balaban J connectivity index is 0.927. The lowest BCUT2D eigenvalue weighted by Crippen LogP contribution is -2.63. The Morgan fingerprint density at radius 3 is 2.48 bits per heavy atom. The van der Waals surface area contributed by atoms with Crippen LogP contribution in [0.5, 0.6) is 11.5 Å². The van der Waals surface area contributed by atoms with E-state index in [1.54, 1.807) is 19.1 Å². The van der Waals surface area contributed by atoms with Crippen LogP contribution in [0, 0.1) is 27.3 Å². The number of pyridine rings is 1. The largest absolute Gasteiger partial charge is 0.455 e. The van der Waals surface area contributed by atoms with E-state index in [0.717, 1.165) is 63.6 Å². The molecular formula is C51H62FN7O7S. The summed E-state index contributed by atoms with van der Waals surface area (Å²) >= 11 is 0. The van der Waals surface area contributed by atoms with Crippen LogP contribution < -0.4 is 19.7 Å². The predicted octanol–water partition coefficient (Wildman–Crippen LogP) is 9.80. The van der Waals surface area contributed by atoms with E-state index < -0.39 is 42.9 Å². The van der Waals surface area contributed by atoms with Gasteiger partial charge < -0.3 is 25.0 Å². The number of aryl methyl sites for hydroxylation is 1. The van der Waals surface area contributed by atoms with Crippen LogP contribution in [0.15, 0.2) is 77.8 Å². The second-order valence-corrected chi connectivity index (χ2v) is 21.8. The van der Waals surface area contributed by atoms with E-state index in [4.69, 9.17) is 4.74 Å². The number of halogens is 1. The van der Waals surface area contributed by atoms with Crippen molar-refractivity contribution in [1.29, 1.82) is 0 Å². The number of aliphatic hydroxyl groups is 1. The van der Waals surface area contributed by atoms with Gasteiger partial charge in [0, 0.05) is 62.8 Å². The molecule has 4 heterocycles. The van der Waals surface area contributed by atoms with E-state index in [1.807, 2.05) is 6.92 Å². The van der Waals surface area contributed by atoms with E-state index in [-0.39, 0.29) is 39.5 Å². The number of fused-ring (bicyclic) bond motifs is 1. The lowest BCUT2D eigenvalue weighted by molar-refractivity contribution is -0.384. The zero-order valence-electron chi connectivity index (χ0n) is 38.8. The van der Waals surface area contributed by atoms with Gasteiger partial charge in [-0.3, -0.25) is 19.8 Å². The molecule has 2 saturated carbocycles. The molecule has 1 spiro atoms. The standard InChI is InChI=1S/C51H62FN7O7S/c1-5-42-47(27-40-41(52)29-54-48(40)55-42)66-46-25-34(57-23-21-51(22-24-57)30-58(31-51)44-12-8-11-38(44)37-10-7-6-9-36(37)32(2)3)13-15-39(46)49(60)56-67(64,65)35-14-16-43(45(26-35)59(62)63)53-28-33-17-19-50(4,61)20-18-33/h6-7,9-10,13-16,25-27,29,32-33,38,44,53,61H,5,8,11-12,17-24,28,30-31H2,1-4H3,(H,54,55)(H,56,60)/t33?,38-,44-,50?/m0/s1. The van der Waals surface area contributed by atoms with Crippen molar-refractivity contribution in [2.24, 2.45) is 11.3 Å². The summed E-state index contributed by atoms with van der Waals surface area (Å²) in [4.78, 5) is 37.6. The molecule has 356 valence electrons. The monoisotopic (exact) mass is 935 g/mol. The molecule has 0 radical (unpaired) electrons. The van der Waals surface area contributed by atoms with E-state index in [0.29, 0.717) is 55.0 Å². The van der Waals surface area contributed by atoms with Gasteiger partial charge in [-0.25, -0.2) is 22.5 Å². The lowest BCUT2D eigenvalue weighted by Gasteiger charge is -2.57. The molecule has 5 aromatic rings. The molecule has 2 aliphatic heterocycles. The quantitative estimate of drug-likeness (QED) is 0.0614. The topological polar surface area (TPSA) is 183 Å². The van der Waals surface area contributed by atoms with E-state index in [1.165, 1.54) is 60.9 Å². The van der Waals surface area contributed by atoms with Crippen molar-refractivity contribution in [3.8, 4) is 11.5 Å². The zero-order valence-corrected chi connectivity index (χ0v) is 39.6. The van der Waals surface area contributed by atoms with Crippen molar-refractivity contribution in [2.45, 2.75) is 120 Å². The molecule has 16 heteroatoms. The van der Waals surface area contributed by atoms with Gasteiger partial charge in [0.15, 0.2) is 0 Å². The first-order valence-electron chi connectivity index (χ1n) is 23.9. The summed E-state index contributed by atoms with van der Waals surface area (Å²) in [6.45, 7) is 12.4. The third-order valence-corrected chi connectivity index (χ3v) is 16.4. The molecule has 9 rings (SSSR count). The number of rotatable bonds is 14. The number of carbonyl (C=O) groups is 1. The van der Waals surface area contributed by atoms with Crippen LogP contribution in [0.2, 0.25) is 0 Å². The fraction of sp³-hybridized carbons (Fsp3) is 0.490. The van der Waals surface area contributed by atoms with Crippen LogP contribution in [0.4, 0.5) is 21.5 Å². The number of nitro groups is 1. The highest BCUT2D eigenvalue weighted by molar-refractivity contribution is 7.90. The number of likely N-dealkylation sites (tertiary alicyclic amines) is 1. The SMILES string of the molecule is CCc1nc2[nH]cc(F)c2cc1Oc1cc(N2CCC3(CC2)CN([C@H]2CCC[C@H]2c2ccccc2C(C)C)C3)ccc1C(=O)NS(=O)(=O)c1ccc(NCC2CCC(C)(O)CC2)c([N+](=O)[O-])c1. The van der Waals surface area contributed by atoms with Gasteiger partial charge in [0.25, 0.3) is 21.6 Å². The Morgan fingerprint density at radius 2 is 1.76 bits per heavy atom. The van der Waals surface area contributed by atoms with Gasteiger partial charge in [0.2, 0.25) is 0 Å². The van der Waals surface area contributed by atoms with E-state index >= 15 is 0 Å². The maximum atomic E-state index is 14.8. The van der Waals surface area contributed by atoms with Crippen LogP contribution >= 0.6 is 0 Å². The number of sulfonamides is 1. The molecular weight excluding hydrogens is 874 g/mol. The highest BCUT2D eigenvalue weighted by Gasteiger charge is 2.49. The molecule has 2 atom stereocenters. The van der Waals surface area contributed by atoms with Gasteiger partial charge in [-0.05, 0) is 129 Å². The van der Waals surface area contributed by atoms with Crippen LogP contribution in [-0.2, 0) is 16.4 Å². The molecule has 14 nitrogen and oxygen atoms in total. The summed E-state index contributed by atoms with van der Waals surface area (Å²) in [5, 5.41) is 25.8. The fourth-order valence-electron chi connectivity index (χ4n) is 11.2. The summed E-state index contributed by atoms with van der Waals surface area (Å²) < 4.78 is 51.1. The number of nitro benzene ring substituents is 1. The second kappa shape index (κ2) is 18.5. The summed E-state index contributed by atoms with van der Waals surface area (Å²) in [6.07, 6.45) is 10.1. The highest BCUT2D eigenvalue weighted by Crippen LogP contribution is 2.49.